The first-order chi connectivity index (χ1) is 9.58. The van der Waals surface area contributed by atoms with Crippen LogP contribution in [0, 0.1) is 0 Å². The number of carboxylic acid groups (broad SMARTS) is 1. The van der Waals surface area contributed by atoms with Crippen LogP contribution in [0.4, 0.5) is 10.5 Å². The van der Waals surface area contributed by atoms with Gasteiger partial charge in [-0.15, -0.1) is 0 Å². The number of amides is 2. The van der Waals surface area contributed by atoms with E-state index in [0.717, 1.165) is 6.42 Å². The van der Waals surface area contributed by atoms with E-state index in [1.807, 2.05) is 0 Å². The van der Waals surface area contributed by atoms with E-state index in [2.05, 4.69) is 10.3 Å². The number of nitrogens with one attached hydrogen (secondary N) is 1. The minimum absolute atomic E-state index is 0.0943. The van der Waals surface area contributed by atoms with E-state index < -0.39 is 5.97 Å². The SMILES string of the molecule is COC1CCN(C(=O)Nc2ccc(CC(=O)O)nc2)C1. The van der Waals surface area contributed by atoms with E-state index in [1.165, 1.54) is 6.20 Å². The molecule has 1 atom stereocenters. The van der Waals surface area contributed by atoms with Gasteiger partial charge in [0.05, 0.1) is 30.1 Å². The molecule has 2 heterocycles. The van der Waals surface area contributed by atoms with Gasteiger partial charge in [0.15, 0.2) is 0 Å². The molecule has 2 N–H and O–H groups in total. The summed E-state index contributed by atoms with van der Waals surface area (Å²) < 4.78 is 5.20. The molecule has 1 unspecified atom stereocenters. The van der Waals surface area contributed by atoms with Gasteiger partial charge in [-0.2, -0.15) is 0 Å². The monoisotopic (exact) mass is 279 g/mol. The summed E-state index contributed by atoms with van der Waals surface area (Å²) in [7, 11) is 1.64. The molecule has 0 spiro atoms. The Kier molecular flexibility index (Phi) is 4.52. The number of aliphatic carboxylic acids is 1. The van der Waals surface area contributed by atoms with Crippen molar-refractivity contribution in [3.8, 4) is 0 Å². The number of carbonyl (C=O) groups is 2. The molecule has 20 heavy (non-hydrogen) atoms. The van der Waals surface area contributed by atoms with E-state index in [4.69, 9.17) is 9.84 Å². The van der Waals surface area contributed by atoms with Gasteiger partial charge in [-0.05, 0) is 18.6 Å². The van der Waals surface area contributed by atoms with Crippen LogP contribution in [-0.4, -0.2) is 53.3 Å². The third-order valence-electron chi connectivity index (χ3n) is 3.17. The summed E-state index contributed by atoms with van der Waals surface area (Å²) in [5.74, 6) is -0.933. The van der Waals surface area contributed by atoms with Crippen molar-refractivity contribution in [3.05, 3.63) is 24.0 Å². The topological polar surface area (TPSA) is 91.8 Å². The number of carboxylic acids is 1. The summed E-state index contributed by atoms with van der Waals surface area (Å²) in [6.45, 7) is 1.24. The highest BCUT2D eigenvalue weighted by Gasteiger charge is 2.25. The first-order valence-corrected chi connectivity index (χ1v) is 6.34. The smallest absolute Gasteiger partial charge is 0.321 e. The molecule has 1 aromatic rings. The second-order valence-electron chi connectivity index (χ2n) is 4.63. The van der Waals surface area contributed by atoms with Crippen molar-refractivity contribution in [2.75, 3.05) is 25.5 Å². The molecule has 7 heteroatoms. The molecule has 2 amide bonds. The quantitative estimate of drug-likeness (QED) is 0.856. The molecule has 2 rings (SSSR count). The Morgan fingerprint density at radius 3 is 2.90 bits per heavy atom. The number of aromatic nitrogens is 1. The van der Waals surface area contributed by atoms with Gasteiger partial charge in [0, 0.05) is 20.2 Å². The average molecular weight is 279 g/mol. The highest BCUT2D eigenvalue weighted by molar-refractivity contribution is 5.89. The number of likely N-dealkylation sites (tertiary alicyclic amines) is 1. The zero-order chi connectivity index (χ0) is 14.5. The molecular formula is C13H17N3O4. The summed E-state index contributed by atoms with van der Waals surface area (Å²) in [5.41, 5.74) is 1.00. The average Bonchev–Trinajstić information content (AvgIpc) is 2.89. The zero-order valence-corrected chi connectivity index (χ0v) is 11.2. The number of nitrogens with zero attached hydrogens (tertiary/aromatic N) is 2. The van der Waals surface area contributed by atoms with Gasteiger partial charge < -0.3 is 20.1 Å². The van der Waals surface area contributed by atoms with Crippen molar-refractivity contribution in [1.82, 2.24) is 9.88 Å². The summed E-state index contributed by atoms with van der Waals surface area (Å²) in [6, 6.07) is 3.04. The van der Waals surface area contributed by atoms with Crippen LogP contribution in [0.2, 0.25) is 0 Å². The molecule has 0 radical (unpaired) electrons. The number of hydrogen-bond donors (Lipinski definition) is 2. The standard InChI is InChI=1S/C13H17N3O4/c1-20-11-4-5-16(8-11)13(19)15-10-3-2-9(14-7-10)6-12(17)18/h2-3,7,11H,4-6,8H2,1H3,(H,15,19)(H,17,18). The number of rotatable bonds is 4. The van der Waals surface area contributed by atoms with Gasteiger partial charge in [-0.1, -0.05) is 0 Å². The lowest BCUT2D eigenvalue weighted by molar-refractivity contribution is -0.136. The van der Waals surface area contributed by atoms with E-state index >= 15 is 0 Å². The van der Waals surface area contributed by atoms with Gasteiger partial charge in [-0.25, -0.2) is 4.79 Å². The van der Waals surface area contributed by atoms with Gasteiger partial charge in [0.2, 0.25) is 0 Å². The number of urea groups is 1. The fraction of sp³-hybridized carbons (Fsp3) is 0.462. The Labute approximate surface area is 116 Å². The highest BCUT2D eigenvalue weighted by atomic mass is 16.5. The molecule has 1 aliphatic rings. The molecule has 1 aromatic heterocycles. The lowest BCUT2D eigenvalue weighted by Crippen LogP contribution is -2.33. The van der Waals surface area contributed by atoms with E-state index in [0.29, 0.717) is 24.5 Å². The molecule has 7 nitrogen and oxygen atoms in total. The highest BCUT2D eigenvalue weighted by Crippen LogP contribution is 2.14. The van der Waals surface area contributed by atoms with E-state index in [-0.39, 0.29) is 18.6 Å². The molecule has 0 aromatic carbocycles. The Morgan fingerprint density at radius 2 is 2.35 bits per heavy atom. The van der Waals surface area contributed by atoms with Crippen LogP contribution in [0.25, 0.3) is 0 Å². The largest absolute Gasteiger partial charge is 0.481 e. The predicted octanol–water partition coefficient (Wildman–Crippen LogP) is 0.961. The number of hydrogen-bond acceptors (Lipinski definition) is 4. The van der Waals surface area contributed by atoms with Gasteiger partial charge in [0.1, 0.15) is 0 Å². The number of carbonyl (C=O) groups excluding carboxylic acids is 1. The molecule has 1 fully saturated rings. The summed E-state index contributed by atoms with van der Waals surface area (Å²) in [4.78, 5) is 28.2. The first kappa shape index (κ1) is 14.3. The Bertz CT molecular complexity index is 489. The zero-order valence-electron chi connectivity index (χ0n) is 11.2. The van der Waals surface area contributed by atoms with Crippen LogP contribution in [0.3, 0.4) is 0 Å². The molecule has 0 saturated carbocycles. The maximum absolute atomic E-state index is 12.0. The third kappa shape index (κ3) is 3.67. The summed E-state index contributed by atoms with van der Waals surface area (Å²) in [5, 5.41) is 11.4. The molecule has 0 bridgehead atoms. The van der Waals surface area contributed by atoms with Crippen LogP contribution < -0.4 is 5.32 Å². The lowest BCUT2D eigenvalue weighted by atomic mass is 10.2. The summed E-state index contributed by atoms with van der Waals surface area (Å²) >= 11 is 0. The minimum atomic E-state index is -0.933. The van der Waals surface area contributed by atoms with Crippen LogP contribution in [-0.2, 0) is 16.0 Å². The van der Waals surface area contributed by atoms with Crippen molar-refractivity contribution in [2.45, 2.75) is 18.9 Å². The second-order valence-corrected chi connectivity index (χ2v) is 4.63. The minimum Gasteiger partial charge on any atom is -0.481 e. The first-order valence-electron chi connectivity index (χ1n) is 6.34. The van der Waals surface area contributed by atoms with Crippen molar-refractivity contribution >= 4 is 17.7 Å². The third-order valence-corrected chi connectivity index (χ3v) is 3.17. The molecular weight excluding hydrogens is 262 g/mol. The number of ether oxygens (including phenoxy) is 1. The Hall–Kier alpha value is -2.15. The Morgan fingerprint density at radius 1 is 1.55 bits per heavy atom. The van der Waals surface area contributed by atoms with Crippen LogP contribution in [0.5, 0.6) is 0 Å². The van der Waals surface area contributed by atoms with E-state index in [1.54, 1.807) is 24.1 Å². The van der Waals surface area contributed by atoms with Crippen molar-refractivity contribution in [3.63, 3.8) is 0 Å². The number of anilines is 1. The molecule has 1 aliphatic heterocycles. The fourth-order valence-corrected chi connectivity index (χ4v) is 2.07. The number of methoxy groups -OCH3 is 1. The Balaban J connectivity index is 1.90. The lowest BCUT2D eigenvalue weighted by Gasteiger charge is -2.16. The van der Waals surface area contributed by atoms with Crippen LogP contribution in [0.1, 0.15) is 12.1 Å². The normalized spacial score (nSPS) is 18.1. The van der Waals surface area contributed by atoms with Gasteiger partial charge in [0.25, 0.3) is 0 Å². The van der Waals surface area contributed by atoms with Gasteiger partial charge in [-0.3, -0.25) is 9.78 Å². The predicted molar refractivity (Wildman–Crippen MR) is 71.6 cm³/mol. The van der Waals surface area contributed by atoms with E-state index in [9.17, 15) is 9.59 Å². The molecule has 108 valence electrons. The van der Waals surface area contributed by atoms with Crippen molar-refractivity contribution in [2.24, 2.45) is 0 Å². The molecule has 1 saturated heterocycles. The van der Waals surface area contributed by atoms with Crippen molar-refractivity contribution < 1.29 is 19.4 Å². The maximum atomic E-state index is 12.0. The number of pyridine rings is 1. The van der Waals surface area contributed by atoms with Gasteiger partial charge >= 0.3 is 12.0 Å². The second kappa shape index (κ2) is 6.33. The van der Waals surface area contributed by atoms with Crippen LogP contribution in [0.15, 0.2) is 18.3 Å². The van der Waals surface area contributed by atoms with Crippen LogP contribution >= 0.6 is 0 Å². The summed E-state index contributed by atoms with van der Waals surface area (Å²) in [6.07, 6.45) is 2.26. The maximum Gasteiger partial charge on any atom is 0.321 e. The van der Waals surface area contributed by atoms with Crippen molar-refractivity contribution in [1.29, 1.82) is 0 Å². The molecule has 0 aliphatic carbocycles. The fourth-order valence-electron chi connectivity index (χ4n) is 2.07.